The van der Waals surface area contributed by atoms with Crippen molar-refractivity contribution in [2.45, 2.75) is 25.4 Å². The summed E-state index contributed by atoms with van der Waals surface area (Å²) < 4.78 is 7.08. The predicted molar refractivity (Wildman–Crippen MR) is 90.6 cm³/mol. The van der Waals surface area contributed by atoms with Crippen LogP contribution in [0.5, 0.6) is 11.5 Å². The molecule has 0 saturated carbocycles. The van der Waals surface area contributed by atoms with Crippen LogP contribution >= 0.6 is 0 Å². The van der Waals surface area contributed by atoms with Gasteiger partial charge in [-0.05, 0) is 30.7 Å². The van der Waals surface area contributed by atoms with Crippen LogP contribution in [0.15, 0.2) is 41.2 Å². The minimum absolute atomic E-state index is 0.130. The number of piperidine rings is 1. The number of rotatable bonds is 3. The molecule has 1 aromatic carbocycles. The molecule has 1 unspecified atom stereocenters. The highest BCUT2D eigenvalue weighted by molar-refractivity contribution is 5.41. The number of hydrogen-bond acceptors (Lipinski definition) is 3. The molecule has 2 aliphatic rings. The first kappa shape index (κ1) is 15.3. The summed E-state index contributed by atoms with van der Waals surface area (Å²) in [5.74, 6) is 1.72. The summed E-state index contributed by atoms with van der Waals surface area (Å²) in [6, 6.07) is 11.3. The number of nitrogens with one attached hydrogen (secondary N) is 1. The van der Waals surface area contributed by atoms with E-state index in [1.807, 2.05) is 22.8 Å². The summed E-state index contributed by atoms with van der Waals surface area (Å²) in [6.07, 6.45) is 1.18. The van der Waals surface area contributed by atoms with E-state index < -0.39 is 0 Å². The van der Waals surface area contributed by atoms with Gasteiger partial charge in [0.25, 0.3) is 5.56 Å². The van der Waals surface area contributed by atoms with Crippen LogP contribution in [0.4, 0.5) is 0 Å². The Hall–Kier alpha value is -2.27. The first-order valence-corrected chi connectivity index (χ1v) is 8.53. The first-order valence-electron chi connectivity index (χ1n) is 8.53. The van der Waals surface area contributed by atoms with Crippen molar-refractivity contribution in [1.29, 1.82) is 0 Å². The number of fused-ring (bicyclic) bond motifs is 4. The Morgan fingerprint density at radius 2 is 2.17 bits per heavy atom. The number of hydrogen-bond donors (Lipinski definition) is 2. The van der Waals surface area contributed by atoms with E-state index in [9.17, 15) is 9.90 Å². The molecule has 1 aromatic heterocycles. The number of aromatic hydroxyl groups is 1. The van der Waals surface area contributed by atoms with E-state index in [2.05, 4.69) is 6.07 Å². The van der Waals surface area contributed by atoms with E-state index in [1.54, 1.807) is 19.2 Å². The highest BCUT2D eigenvalue weighted by atomic mass is 16.5. The molecule has 2 aromatic rings. The fraction of sp³-hybridized carbons (Fsp3) is 0.421. The number of pyridine rings is 1. The molecule has 5 nitrogen and oxygen atoms in total. The van der Waals surface area contributed by atoms with Gasteiger partial charge in [-0.25, -0.2) is 0 Å². The van der Waals surface area contributed by atoms with E-state index >= 15 is 0 Å². The second-order valence-corrected chi connectivity index (χ2v) is 7.04. The van der Waals surface area contributed by atoms with Crippen molar-refractivity contribution in [3.8, 4) is 11.5 Å². The lowest BCUT2D eigenvalue weighted by Crippen LogP contribution is -3.13. The van der Waals surface area contributed by atoms with Gasteiger partial charge in [0.2, 0.25) is 0 Å². The van der Waals surface area contributed by atoms with Gasteiger partial charge >= 0.3 is 0 Å². The fourth-order valence-corrected chi connectivity index (χ4v) is 4.40. The Labute approximate surface area is 141 Å². The molecule has 1 fully saturated rings. The molecule has 2 N–H and O–H groups in total. The summed E-state index contributed by atoms with van der Waals surface area (Å²) in [5.41, 5.74) is 2.44. The van der Waals surface area contributed by atoms with Crippen LogP contribution in [0.2, 0.25) is 0 Å². The van der Waals surface area contributed by atoms with Crippen molar-refractivity contribution in [2.75, 3.05) is 20.2 Å². The van der Waals surface area contributed by atoms with Crippen LogP contribution in [0.1, 0.15) is 23.6 Å². The van der Waals surface area contributed by atoms with E-state index in [0.29, 0.717) is 17.6 Å². The van der Waals surface area contributed by atoms with Gasteiger partial charge in [-0.2, -0.15) is 0 Å². The maximum atomic E-state index is 12.1. The zero-order valence-corrected chi connectivity index (χ0v) is 13.9. The minimum atomic E-state index is 0.130. The van der Waals surface area contributed by atoms with E-state index in [0.717, 1.165) is 31.7 Å². The van der Waals surface area contributed by atoms with Crippen LogP contribution in [-0.2, 0) is 13.1 Å². The molecule has 2 bridgehead atoms. The second-order valence-electron chi connectivity index (χ2n) is 7.04. The number of benzene rings is 1. The van der Waals surface area contributed by atoms with E-state index in [1.165, 1.54) is 17.0 Å². The molecule has 3 atom stereocenters. The quantitative estimate of drug-likeness (QED) is 0.875. The Morgan fingerprint density at radius 3 is 2.96 bits per heavy atom. The summed E-state index contributed by atoms with van der Waals surface area (Å²) >= 11 is 0. The van der Waals surface area contributed by atoms with Crippen molar-refractivity contribution in [3.05, 3.63) is 58.0 Å². The molecular weight excluding hydrogens is 304 g/mol. The average molecular weight is 327 g/mol. The lowest BCUT2D eigenvalue weighted by Gasteiger charge is -2.40. The standard InChI is InChI=1S/C19H22N2O3/c1-24-18-6-5-13(8-17(18)22)9-20-10-14-7-15(12-20)16-3-2-4-19(23)21(16)11-14/h2-6,8,14-15,22H,7,9-12H2,1H3/p+1/t14-,15+/m1/s1. The summed E-state index contributed by atoms with van der Waals surface area (Å²) in [7, 11) is 1.56. The molecule has 126 valence electrons. The smallest absolute Gasteiger partial charge is 0.250 e. The Kier molecular flexibility index (Phi) is 3.81. The van der Waals surface area contributed by atoms with Crippen LogP contribution in [0.3, 0.4) is 0 Å². The van der Waals surface area contributed by atoms with Crippen LogP contribution < -0.4 is 15.2 Å². The van der Waals surface area contributed by atoms with Crippen molar-refractivity contribution in [2.24, 2.45) is 5.92 Å². The molecule has 1 saturated heterocycles. The molecule has 0 amide bonds. The summed E-state index contributed by atoms with van der Waals surface area (Å²) in [5, 5.41) is 9.97. The van der Waals surface area contributed by atoms with Crippen molar-refractivity contribution in [1.82, 2.24) is 4.57 Å². The monoisotopic (exact) mass is 327 g/mol. The maximum Gasteiger partial charge on any atom is 0.250 e. The number of phenolic OH excluding ortho intramolecular Hbond substituents is 1. The van der Waals surface area contributed by atoms with Crippen molar-refractivity contribution >= 4 is 0 Å². The summed E-state index contributed by atoms with van der Waals surface area (Å²) in [4.78, 5) is 13.6. The Morgan fingerprint density at radius 1 is 1.29 bits per heavy atom. The molecule has 0 aliphatic carbocycles. The molecular formula is C19H23N2O3+. The lowest BCUT2D eigenvalue weighted by molar-refractivity contribution is -0.924. The molecule has 0 radical (unpaired) electrons. The molecule has 0 spiro atoms. The largest absolute Gasteiger partial charge is 0.504 e. The van der Waals surface area contributed by atoms with Crippen molar-refractivity contribution in [3.63, 3.8) is 0 Å². The Bertz CT molecular complexity index is 814. The van der Waals surface area contributed by atoms with Gasteiger partial charge < -0.3 is 19.3 Å². The number of methoxy groups -OCH3 is 1. The van der Waals surface area contributed by atoms with E-state index in [-0.39, 0.29) is 11.3 Å². The number of aromatic nitrogens is 1. The summed E-state index contributed by atoms with van der Waals surface area (Å²) in [6.45, 7) is 3.83. The SMILES string of the molecule is COc1ccc(C[NH+]2C[C@H]3C[C@@H](C2)c2cccc(=O)n2C3)cc1O. The third-order valence-corrected chi connectivity index (χ3v) is 5.37. The number of nitrogens with zero attached hydrogens (tertiary/aromatic N) is 1. The number of quaternary nitrogens is 1. The maximum absolute atomic E-state index is 12.1. The predicted octanol–water partition coefficient (Wildman–Crippen LogP) is 0.765. The third kappa shape index (κ3) is 2.69. The van der Waals surface area contributed by atoms with Gasteiger partial charge in [-0.1, -0.05) is 6.07 Å². The van der Waals surface area contributed by atoms with Gasteiger partial charge in [-0.15, -0.1) is 0 Å². The van der Waals surface area contributed by atoms with Gasteiger partial charge in [0, 0.05) is 35.7 Å². The van der Waals surface area contributed by atoms with Crippen LogP contribution in [0.25, 0.3) is 0 Å². The van der Waals surface area contributed by atoms with Crippen molar-refractivity contribution < 1.29 is 14.7 Å². The number of phenols is 1. The zero-order chi connectivity index (χ0) is 16.7. The molecule has 5 heteroatoms. The molecule has 3 heterocycles. The topological polar surface area (TPSA) is 55.9 Å². The van der Waals surface area contributed by atoms with Gasteiger partial charge in [0.1, 0.15) is 6.54 Å². The Balaban J connectivity index is 1.54. The zero-order valence-electron chi connectivity index (χ0n) is 13.9. The average Bonchev–Trinajstić information content (AvgIpc) is 2.56. The minimum Gasteiger partial charge on any atom is -0.504 e. The van der Waals surface area contributed by atoms with Gasteiger partial charge in [-0.3, -0.25) is 4.79 Å². The highest BCUT2D eigenvalue weighted by Gasteiger charge is 2.37. The number of ether oxygens (including phenoxy) is 1. The number of likely N-dealkylation sites (tertiary alicyclic amines) is 1. The van der Waals surface area contributed by atoms with Gasteiger partial charge in [0.15, 0.2) is 11.5 Å². The van der Waals surface area contributed by atoms with E-state index in [4.69, 9.17) is 4.74 Å². The third-order valence-electron chi connectivity index (χ3n) is 5.37. The first-order chi connectivity index (χ1) is 11.6. The highest BCUT2D eigenvalue weighted by Crippen LogP contribution is 2.30. The lowest BCUT2D eigenvalue weighted by atomic mass is 9.83. The molecule has 2 aliphatic heterocycles. The van der Waals surface area contributed by atoms with Crippen LogP contribution in [0, 0.1) is 5.92 Å². The second kappa shape index (κ2) is 5.98. The molecule has 4 rings (SSSR count). The van der Waals surface area contributed by atoms with Gasteiger partial charge in [0.05, 0.1) is 20.2 Å². The molecule has 24 heavy (non-hydrogen) atoms. The normalized spacial score (nSPS) is 25.1. The van der Waals surface area contributed by atoms with Crippen LogP contribution in [-0.4, -0.2) is 29.9 Å². The fourth-order valence-electron chi connectivity index (χ4n) is 4.40.